The summed E-state index contributed by atoms with van der Waals surface area (Å²) in [6.07, 6.45) is 2.80. The van der Waals surface area contributed by atoms with Gasteiger partial charge in [0.05, 0.1) is 0 Å². The second-order valence-corrected chi connectivity index (χ2v) is 7.81. The first kappa shape index (κ1) is 14.9. The van der Waals surface area contributed by atoms with Gasteiger partial charge in [0.25, 0.3) is 0 Å². The molecule has 0 radical (unpaired) electrons. The summed E-state index contributed by atoms with van der Waals surface area (Å²) in [5.74, 6) is 2.58. The Morgan fingerprint density at radius 1 is 1.16 bits per heavy atom. The summed E-state index contributed by atoms with van der Waals surface area (Å²) in [5.41, 5.74) is 2.63. The van der Waals surface area contributed by atoms with Crippen LogP contribution in [0.4, 0.5) is 0 Å². The molecule has 1 heterocycles. The molecule has 2 aliphatic carbocycles. The number of hydrogen-bond acceptors (Lipinski definition) is 2. The molecule has 0 aromatic heterocycles. The molecular formula is C17H32N2. The SMILES string of the molecule is C=C(C(C)C1(C)CC1)N1CC2C(C1)C2(C)C.CNC. The van der Waals surface area contributed by atoms with Gasteiger partial charge in [0.15, 0.2) is 0 Å². The minimum atomic E-state index is 0.583. The van der Waals surface area contributed by atoms with E-state index in [4.69, 9.17) is 0 Å². The third-order valence-electron chi connectivity index (χ3n) is 6.11. The number of rotatable bonds is 3. The Morgan fingerprint density at radius 3 is 1.95 bits per heavy atom. The van der Waals surface area contributed by atoms with Crippen molar-refractivity contribution in [3.8, 4) is 0 Å². The van der Waals surface area contributed by atoms with E-state index < -0.39 is 0 Å². The van der Waals surface area contributed by atoms with E-state index in [1.807, 2.05) is 14.1 Å². The Kier molecular flexibility index (Phi) is 3.77. The van der Waals surface area contributed by atoms with Crippen molar-refractivity contribution in [1.29, 1.82) is 0 Å². The zero-order valence-corrected chi connectivity index (χ0v) is 13.7. The lowest BCUT2D eigenvalue weighted by Gasteiger charge is -2.32. The molecule has 0 aromatic rings. The highest BCUT2D eigenvalue weighted by atomic mass is 15.2. The molecule has 2 nitrogen and oxygen atoms in total. The molecule has 3 aliphatic rings. The maximum absolute atomic E-state index is 4.37. The summed E-state index contributed by atoms with van der Waals surface area (Å²) < 4.78 is 0. The molecule has 110 valence electrons. The average Bonchev–Trinajstić information content (AvgIpc) is 3.09. The molecular weight excluding hydrogens is 232 g/mol. The highest BCUT2D eigenvalue weighted by Gasteiger charge is 2.62. The number of likely N-dealkylation sites (tertiary alicyclic amines) is 1. The molecule has 0 bridgehead atoms. The predicted octanol–water partition coefficient (Wildman–Crippen LogP) is 3.36. The Morgan fingerprint density at radius 2 is 1.58 bits per heavy atom. The van der Waals surface area contributed by atoms with Crippen LogP contribution in [0.15, 0.2) is 12.3 Å². The van der Waals surface area contributed by atoms with Gasteiger partial charge in [-0.1, -0.05) is 34.3 Å². The van der Waals surface area contributed by atoms with Gasteiger partial charge in [0, 0.05) is 24.7 Å². The van der Waals surface area contributed by atoms with Gasteiger partial charge in [0.2, 0.25) is 0 Å². The van der Waals surface area contributed by atoms with Crippen LogP contribution in [0.5, 0.6) is 0 Å². The number of fused-ring (bicyclic) bond motifs is 1. The molecule has 0 spiro atoms. The van der Waals surface area contributed by atoms with Crippen molar-refractivity contribution in [1.82, 2.24) is 10.2 Å². The van der Waals surface area contributed by atoms with Crippen LogP contribution in [-0.2, 0) is 0 Å². The van der Waals surface area contributed by atoms with Crippen LogP contribution in [0, 0.1) is 28.6 Å². The number of nitrogens with zero attached hydrogens (tertiary/aromatic N) is 1. The van der Waals surface area contributed by atoms with Crippen molar-refractivity contribution in [3.05, 3.63) is 12.3 Å². The highest BCUT2D eigenvalue weighted by molar-refractivity contribution is 5.18. The van der Waals surface area contributed by atoms with E-state index in [-0.39, 0.29) is 0 Å². The lowest BCUT2D eigenvalue weighted by Crippen LogP contribution is -2.30. The molecule has 0 aromatic carbocycles. The van der Waals surface area contributed by atoms with Crippen LogP contribution in [0.1, 0.15) is 40.5 Å². The van der Waals surface area contributed by atoms with E-state index in [0.717, 1.165) is 11.8 Å². The maximum Gasteiger partial charge on any atom is 0.0212 e. The summed E-state index contributed by atoms with van der Waals surface area (Å²) in [7, 11) is 3.75. The number of nitrogens with one attached hydrogen (secondary N) is 1. The normalized spacial score (nSPS) is 33.9. The van der Waals surface area contributed by atoms with Crippen LogP contribution in [0.25, 0.3) is 0 Å². The summed E-state index contributed by atoms with van der Waals surface area (Å²) in [6.45, 7) is 16.6. The van der Waals surface area contributed by atoms with E-state index >= 15 is 0 Å². The molecule has 2 saturated carbocycles. The first-order valence-electron chi connectivity index (χ1n) is 7.80. The zero-order chi connectivity index (χ0) is 14.4. The van der Waals surface area contributed by atoms with Crippen molar-refractivity contribution < 1.29 is 0 Å². The minimum absolute atomic E-state index is 0.583. The van der Waals surface area contributed by atoms with Crippen LogP contribution < -0.4 is 5.32 Å². The van der Waals surface area contributed by atoms with E-state index in [0.29, 0.717) is 16.7 Å². The Bertz CT molecular complexity index is 340. The summed E-state index contributed by atoms with van der Waals surface area (Å²) in [4.78, 5) is 2.58. The number of piperidine rings is 1. The first-order chi connectivity index (χ1) is 8.78. The molecule has 1 saturated heterocycles. The Balaban J connectivity index is 0.000000408. The van der Waals surface area contributed by atoms with Gasteiger partial charge in [-0.15, -0.1) is 0 Å². The quantitative estimate of drug-likeness (QED) is 0.841. The lowest BCUT2D eigenvalue weighted by atomic mass is 9.89. The molecule has 0 amide bonds. The standard InChI is InChI=1S/C15H25N.C2H7N/c1-10(15(5)6-7-15)11(2)16-8-12-13(9-16)14(12,3)4;1-3-2/h10,12-13H,2,6-9H2,1,3-5H3;3H,1-2H3. The Labute approximate surface area is 119 Å². The second-order valence-electron chi connectivity index (χ2n) is 7.81. The van der Waals surface area contributed by atoms with E-state index in [2.05, 4.69) is 44.5 Å². The highest BCUT2D eigenvalue weighted by Crippen LogP contribution is 2.63. The van der Waals surface area contributed by atoms with Gasteiger partial charge in [0.1, 0.15) is 0 Å². The van der Waals surface area contributed by atoms with Crippen LogP contribution in [0.3, 0.4) is 0 Å². The van der Waals surface area contributed by atoms with Gasteiger partial charge in [-0.05, 0) is 49.6 Å². The minimum Gasteiger partial charge on any atom is -0.374 e. The van der Waals surface area contributed by atoms with Crippen LogP contribution >= 0.6 is 0 Å². The second kappa shape index (κ2) is 4.80. The molecule has 3 unspecified atom stereocenters. The maximum atomic E-state index is 4.37. The van der Waals surface area contributed by atoms with Gasteiger partial charge in [-0.25, -0.2) is 0 Å². The van der Waals surface area contributed by atoms with Crippen molar-refractivity contribution in [2.24, 2.45) is 28.6 Å². The summed E-state index contributed by atoms with van der Waals surface area (Å²) >= 11 is 0. The molecule has 3 rings (SSSR count). The predicted molar refractivity (Wildman–Crippen MR) is 83.0 cm³/mol. The summed E-state index contributed by atoms with van der Waals surface area (Å²) in [5, 5.41) is 2.75. The van der Waals surface area contributed by atoms with Crippen molar-refractivity contribution >= 4 is 0 Å². The Hall–Kier alpha value is -0.500. The van der Waals surface area contributed by atoms with Crippen LogP contribution in [0.2, 0.25) is 0 Å². The van der Waals surface area contributed by atoms with Crippen molar-refractivity contribution in [2.45, 2.75) is 40.5 Å². The van der Waals surface area contributed by atoms with Gasteiger partial charge < -0.3 is 10.2 Å². The summed E-state index contributed by atoms with van der Waals surface area (Å²) in [6, 6.07) is 0. The molecule has 1 N–H and O–H groups in total. The van der Waals surface area contributed by atoms with Crippen LogP contribution in [-0.4, -0.2) is 32.1 Å². The van der Waals surface area contributed by atoms with Gasteiger partial charge in [-0.2, -0.15) is 0 Å². The lowest BCUT2D eigenvalue weighted by molar-refractivity contribution is 0.256. The first-order valence-corrected chi connectivity index (χ1v) is 7.80. The smallest absolute Gasteiger partial charge is 0.0212 e. The molecule has 3 atom stereocenters. The van der Waals surface area contributed by atoms with E-state index in [1.54, 1.807) is 0 Å². The number of allylic oxidation sites excluding steroid dienone is 1. The van der Waals surface area contributed by atoms with Gasteiger partial charge in [-0.3, -0.25) is 0 Å². The third kappa shape index (κ3) is 2.56. The molecule has 19 heavy (non-hydrogen) atoms. The topological polar surface area (TPSA) is 15.3 Å². The fraction of sp³-hybridized carbons (Fsp3) is 0.882. The molecule has 2 heteroatoms. The van der Waals surface area contributed by atoms with Gasteiger partial charge >= 0.3 is 0 Å². The number of hydrogen-bond donors (Lipinski definition) is 1. The van der Waals surface area contributed by atoms with Crippen molar-refractivity contribution in [3.63, 3.8) is 0 Å². The fourth-order valence-corrected chi connectivity index (χ4v) is 3.67. The third-order valence-corrected chi connectivity index (χ3v) is 6.11. The average molecular weight is 264 g/mol. The van der Waals surface area contributed by atoms with Crippen molar-refractivity contribution in [2.75, 3.05) is 27.2 Å². The zero-order valence-electron chi connectivity index (χ0n) is 13.7. The molecule has 3 fully saturated rings. The van der Waals surface area contributed by atoms with E-state index in [1.165, 1.54) is 31.6 Å². The largest absolute Gasteiger partial charge is 0.374 e. The van der Waals surface area contributed by atoms with E-state index in [9.17, 15) is 0 Å². The molecule has 1 aliphatic heterocycles. The monoisotopic (exact) mass is 264 g/mol. The fourth-order valence-electron chi connectivity index (χ4n) is 3.67.